The van der Waals surface area contributed by atoms with Gasteiger partial charge in [0, 0.05) is 6.61 Å². The van der Waals surface area contributed by atoms with Gasteiger partial charge in [0.15, 0.2) is 11.6 Å². The summed E-state index contributed by atoms with van der Waals surface area (Å²) < 4.78 is 57.2. The van der Waals surface area contributed by atoms with Gasteiger partial charge in [-0.05, 0) is 42.3 Å². The molecule has 118 valence electrons. The number of aliphatic hydroxyl groups is 1. The molecule has 0 amide bonds. The highest BCUT2D eigenvalue weighted by molar-refractivity contribution is 6.31. The molecule has 0 aromatic heterocycles. The van der Waals surface area contributed by atoms with Gasteiger partial charge in [-0.25, -0.2) is 4.39 Å². The van der Waals surface area contributed by atoms with E-state index in [0.717, 1.165) is 12.1 Å². The van der Waals surface area contributed by atoms with Crippen LogP contribution in [0.4, 0.5) is 17.6 Å². The summed E-state index contributed by atoms with van der Waals surface area (Å²) in [6.45, 7) is -0.133. The molecule has 2 aromatic rings. The van der Waals surface area contributed by atoms with Crippen molar-refractivity contribution in [3.63, 3.8) is 0 Å². The van der Waals surface area contributed by atoms with Crippen LogP contribution in [0.5, 0.6) is 11.5 Å². The summed E-state index contributed by atoms with van der Waals surface area (Å²) >= 11 is 5.50. The number of hydrogen-bond donors (Lipinski definition) is 1. The molecule has 0 spiro atoms. The molecule has 0 atom stereocenters. The average Bonchev–Trinajstić information content (AvgIpc) is 2.43. The number of rotatable bonds is 4. The van der Waals surface area contributed by atoms with Crippen molar-refractivity contribution in [3.8, 4) is 11.5 Å². The molecule has 2 aromatic carbocycles. The van der Waals surface area contributed by atoms with Crippen molar-refractivity contribution in [1.82, 2.24) is 0 Å². The van der Waals surface area contributed by atoms with Crippen molar-refractivity contribution in [2.45, 2.75) is 12.6 Å². The third-order valence-electron chi connectivity index (χ3n) is 2.87. The predicted octanol–water partition coefficient (Wildman–Crippen LogP) is 4.83. The highest BCUT2D eigenvalue weighted by Crippen LogP contribution is 2.38. The van der Waals surface area contributed by atoms with Crippen molar-refractivity contribution in [3.05, 3.63) is 58.4 Å². The highest BCUT2D eigenvalue weighted by Gasteiger charge is 2.33. The van der Waals surface area contributed by atoms with E-state index in [2.05, 4.69) is 0 Å². The van der Waals surface area contributed by atoms with Crippen LogP contribution in [0.25, 0.3) is 0 Å². The topological polar surface area (TPSA) is 29.5 Å². The van der Waals surface area contributed by atoms with E-state index >= 15 is 0 Å². The third-order valence-corrected chi connectivity index (χ3v) is 3.20. The van der Waals surface area contributed by atoms with E-state index in [-0.39, 0.29) is 24.5 Å². The monoisotopic (exact) mass is 334 g/mol. The van der Waals surface area contributed by atoms with Crippen LogP contribution in [0, 0.1) is 5.82 Å². The van der Waals surface area contributed by atoms with E-state index in [1.54, 1.807) is 0 Å². The number of ether oxygens (including phenoxy) is 1. The smallest absolute Gasteiger partial charge is 0.417 e. The van der Waals surface area contributed by atoms with Gasteiger partial charge in [0.2, 0.25) is 0 Å². The zero-order chi connectivity index (χ0) is 16.3. The highest BCUT2D eigenvalue weighted by atomic mass is 35.5. The number of benzene rings is 2. The fourth-order valence-corrected chi connectivity index (χ4v) is 2.05. The number of aliphatic hydroxyl groups excluding tert-OH is 1. The van der Waals surface area contributed by atoms with Crippen molar-refractivity contribution < 1.29 is 27.4 Å². The Bertz CT molecular complexity index is 671. The van der Waals surface area contributed by atoms with E-state index < -0.39 is 22.6 Å². The van der Waals surface area contributed by atoms with Gasteiger partial charge in [0.25, 0.3) is 0 Å². The molecule has 0 fully saturated rings. The molecule has 7 heteroatoms. The van der Waals surface area contributed by atoms with Gasteiger partial charge >= 0.3 is 6.18 Å². The molecule has 22 heavy (non-hydrogen) atoms. The Morgan fingerprint density at radius 3 is 2.41 bits per heavy atom. The maximum absolute atomic E-state index is 13.8. The lowest BCUT2D eigenvalue weighted by atomic mass is 10.1. The van der Waals surface area contributed by atoms with E-state index in [4.69, 9.17) is 21.4 Å². The Kier molecular flexibility index (Phi) is 4.93. The van der Waals surface area contributed by atoms with Gasteiger partial charge in [-0.1, -0.05) is 17.7 Å². The minimum atomic E-state index is -4.63. The molecule has 0 unspecified atom stereocenters. The number of hydrogen-bond acceptors (Lipinski definition) is 2. The Balaban J connectivity index is 2.28. The fourth-order valence-electron chi connectivity index (χ4n) is 1.82. The summed E-state index contributed by atoms with van der Waals surface area (Å²) in [6.07, 6.45) is -4.35. The van der Waals surface area contributed by atoms with E-state index in [0.29, 0.717) is 11.6 Å². The standard InChI is InChI=1S/C15H11ClF4O2/c16-12-3-2-10(8-11(12)15(18,19)20)22-14-4-1-9(5-6-21)7-13(14)17/h1-4,7-8,21H,5-6H2. The van der Waals surface area contributed by atoms with Crippen LogP contribution in [-0.4, -0.2) is 11.7 Å². The Hall–Kier alpha value is -1.79. The normalized spacial score (nSPS) is 11.5. The lowest BCUT2D eigenvalue weighted by Crippen LogP contribution is -2.06. The second-order valence-electron chi connectivity index (χ2n) is 4.48. The Morgan fingerprint density at radius 1 is 1.09 bits per heavy atom. The van der Waals surface area contributed by atoms with E-state index in [9.17, 15) is 17.6 Å². The zero-order valence-corrected chi connectivity index (χ0v) is 11.9. The summed E-state index contributed by atoms with van der Waals surface area (Å²) in [5.41, 5.74) is -0.497. The molecule has 0 radical (unpaired) electrons. The van der Waals surface area contributed by atoms with Gasteiger partial charge in [0.05, 0.1) is 10.6 Å². The van der Waals surface area contributed by atoms with Crippen molar-refractivity contribution >= 4 is 11.6 Å². The van der Waals surface area contributed by atoms with Gasteiger partial charge in [-0.3, -0.25) is 0 Å². The van der Waals surface area contributed by atoms with Crippen LogP contribution in [0.3, 0.4) is 0 Å². The maximum Gasteiger partial charge on any atom is 0.417 e. The summed E-state index contributed by atoms with van der Waals surface area (Å²) in [5, 5.41) is 8.32. The van der Waals surface area contributed by atoms with E-state index in [1.165, 1.54) is 18.2 Å². The third kappa shape index (κ3) is 3.90. The van der Waals surface area contributed by atoms with E-state index in [1.807, 2.05) is 0 Å². The Morgan fingerprint density at radius 2 is 1.82 bits per heavy atom. The van der Waals surface area contributed by atoms with Crippen molar-refractivity contribution in [2.75, 3.05) is 6.61 Å². The summed E-state index contributed by atoms with van der Waals surface area (Å²) in [5.74, 6) is -1.11. The van der Waals surface area contributed by atoms with Crippen LogP contribution >= 0.6 is 11.6 Å². The quantitative estimate of drug-likeness (QED) is 0.812. The Labute approximate surface area is 128 Å². The first-order chi connectivity index (χ1) is 10.3. The zero-order valence-electron chi connectivity index (χ0n) is 11.1. The lowest BCUT2D eigenvalue weighted by molar-refractivity contribution is -0.137. The first-order valence-corrected chi connectivity index (χ1v) is 6.63. The number of alkyl halides is 3. The molecule has 1 N–H and O–H groups in total. The molecule has 0 saturated carbocycles. The average molecular weight is 335 g/mol. The lowest BCUT2D eigenvalue weighted by Gasteiger charge is -2.12. The molecule has 0 aliphatic heterocycles. The molecule has 2 nitrogen and oxygen atoms in total. The second kappa shape index (κ2) is 6.54. The fraction of sp³-hybridized carbons (Fsp3) is 0.200. The minimum absolute atomic E-state index is 0.133. The molecule has 2 rings (SSSR count). The summed E-state index contributed by atoms with van der Waals surface area (Å²) in [7, 11) is 0. The van der Waals surface area contributed by atoms with Gasteiger partial charge in [-0.15, -0.1) is 0 Å². The molecular weight excluding hydrogens is 324 g/mol. The van der Waals surface area contributed by atoms with Crippen molar-refractivity contribution in [1.29, 1.82) is 0 Å². The first-order valence-electron chi connectivity index (χ1n) is 6.25. The molecule has 0 heterocycles. The SMILES string of the molecule is OCCc1ccc(Oc2ccc(Cl)c(C(F)(F)F)c2)c(F)c1. The van der Waals surface area contributed by atoms with Crippen LogP contribution in [0.1, 0.15) is 11.1 Å². The molecule has 0 bridgehead atoms. The largest absolute Gasteiger partial charge is 0.454 e. The van der Waals surface area contributed by atoms with Crippen LogP contribution in [-0.2, 0) is 12.6 Å². The van der Waals surface area contributed by atoms with Gasteiger partial charge < -0.3 is 9.84 Å². The maximum atomic E-state index is 13.8. The molecule has 0 saturated heterocycles. The summed E-state index contributed by atoms with van der Waals surface area (Å²) in [6, 6.07) is 6.95. The van der Waals surface area contributed by atoms with Crippen LogP contribution in [0.2, 0.25) is 5.02 Å². The molecule has 0 aliphatic carbocycles. The number of halogens is 5. The van der Waals surface area contributed by atoms with Gasteiger partial charge in [0.1, 0.15) is 5.75 Å². The summed E-state index contributed by atoms with van der Waals surface area (Å²) in [4.78, 5) is 0. The predicted molar refractivity (Wildman–Crippen MR) is 73.7 cm³/mol. The van der Waals surface area contributed by atoms with Crippen molar-refractivity contribution in [2.24, 2.45) is 0 Å². The van der Waals surface area contributed by atoms with Gasteiger partial charge in [-0.2, -0.15) is 13.2 Å². The van der Waals surface area contributed by atoms with Crippen LogP contribution in [0.15, 0.2) is 36.4 Å². The molecular formula is C15H11ClF4O2. The first kappa shape index (κ1) is 16.6. The molecule has 0 aliphatic rings. The minimum Gasteiger partial charge on any atom is -0.454 e. The van der Waals surface area contributed by atoms with Crippen LogP contribution < -0.4 is 4.74 Å². The second-order valence-corrected chi connectivity index (χ2v) is 4.89.